The van der Waals surface area contributed by atoms with Gasteiger partial charge in [0.2, 0.25) is 0 Å². The summed E-state index contributed by atoms with van der Waals surface area (Å²) < 4.78 is 0. The Morgan fingerprint density at radius 3 is 2.85 bits per heavy atom. The van der Waals surface area contributed by atoms with Crippen LogP contribution in [0.25, 0.3) is 5.57 Å². The molecule has 0 saturated carbocycles. The van der Waals surface area contributed by atoms with Crippen molar-refractivity contribution < 1.29 is 0 Å². The normalized spacial score (nSPS) is 27.9. The molecule has 3 heteroatoms. The van der Waals surface area contributed by atoms with E-state index in [1.807, 2.05) is 0 Å². The van der Waals surface area contributed by atoms with Crippen molar-refractivity contribution in [2.45, 2.75) is 83.3 Å². The number of thioether (sulfide) groups is 1. The number of anilines is 1. The number of nitrogens with one attached hydrogen (secondary N) is 2. The lowest BCUT2D eigenvalue weighted by molar-refractivity contribution is 0.432. The zero-order valence-electron chi connectivity index (χ0n) is 24.4. The topological polar surface area (TPSA) is 24.1 Å². The molecule has 1 aliphatic heterocycles. The van der Waals surface area contributed by atoms with Crippen molar-refractivity contribution in [3.05, 3.63) is 106 Å². The fourth-order valence-electron chi connectivity index (χ4n) is 7.31. The molecule has 0 aromatic heterocycles. The fourth-order valence-corrected chi connectivity index (χ4v) is 8.92. The summed E-state index contributed by atoms with van der Waals surface area (Å²) in [6, 6.07) is 8.83. The highest BCUT2D eigenvalue weighted by Crippen LogP contribution is 2.53. The molecule has 0 spiro atoms. The van der Waals surface area contributed by atoms with Crippen molar-refractivity contribution in [3.8, 4) is 0 Å². The Kier molecular flexibility index (Phi) is 8.87. The van der Waals surface area contributed by atoms with E-state index >= 15 is 0 Å². The first kappa shape index (κ1) is 27.5. The van der Waals surface area contributed by atoms with E-state index in [-0.39, 0.29) is 0 Å². The quantitative estimate of drug-likeness (QED) is 0.236. The van der Waals surface area contributed by atoms with E-state index in [4.69, 9.17) is 0 Å². The minimum absolute atomic E-state index is 0.709. The minimum Gasteiger partial charge on any atom is -0.388 e. The molecule has 0 amide bonds. The summed E-state index contributed by atoms with van der Waals surface area (Å²) in [4.78, 5) is 1.62. The Bertz CT molecular complexity index is 1300. The second-order valence-corrected chi connectivity index (χ2v) is 13.6. The zero-order chi connectivity index (χ0) is 27.3. The number of hydrogen-bond acceptors (Lipinski definition) is 3. The Morgan fingerprint density at radius 1 is 1.05 bits per heavy atom. The van der Waals surface area contributed by atoms with Crippen molar-refractivity contribution in [2.24, 2.45) is 17.8 Å². The molecule has 6 rings (SSSR count). The number of benzene rings is 1. The molecule has 40 heavy (non-hydrogen) atoms. The maximum absolute atomic E-state index is 3.81. The Balaban J connectivity index is 0.989. The van der Waals surface area contributed by atoms with Crippen molar-refractivity contribution in [3.63, 3.8) is 0 Å². The van der Waals surface area contributed by atoms with Gasteiger partial charge >= 0.3 is 0 Å². The van der Waals surface area contributed by atoms with E-state index < -0.39 is 0 Å². The van der Waals surface area contributed by atoms with E-state index in [1.165, 1.54) is 72.3 Å². The van der Waals surface area contributed by atoms with Crippen LogP contribution in [0.3, 0.4) is 0 Å². The van der Waals surface area contributed by atoms with E-state index in [2.05, 4.69) is 109 Å². The number of unbranched alkanes of at least 4 members (excludes halogenated alkanes) is 1. The van der Waals surface area contributed by atoms with Gasteiger partial charge in [0.25, 0.3) is 0 Å². The van der Waals surface area contributed by atoms with Crippen LogP contribution in [0.15, 0.2) is 100 Å². The number of allylic oxidation sites excluding steroid dienone is 14. The third-order valence-electron chi connectivity index (χ3n) is 9.60. The van der Waals surface area contributed by atoms with Crippen LogP contribution in [0.2, 0.25) is 0 Å². The summed E-state index contributed by atoms with van der Waals surface area (Å²) in [7, 11) is 0. The van der Waals surface area contributed by atoms with Gasteiger partial charge in [-0.3, -0.25) is 0 Å². The Labute approximate surface area is 246 Å². The van der Waals surface area contributed by atoms with Gasteiger partial charge < -0.3 is 10.6 Å². The second-order valence-electron chi connectivity index (χ2n) is 12.3. The van der Waals surface area contributed by atoms with Crippen LogP contribution >= 0.6 is 11.8 Å². The van der Waals surface area contributed by atoms with Crippen LogP contribution in [-0.2, 0) is 0 Å². The van der Waals surface area contributed by atoms with Gasteiger partial charge in [0.1, 0.15) is 0 Å². The standard InChI is InChI=1S/C37H46N2S/c1-26-11-3-4-13-31(26)28-18-20-29(21-19-28)39-35-16-7-5-14-32(35)27(2)12-9-10-24-38-30-22-23-37-34(25-30)33-15-6-8-17-36(33)40-37/h3,5-7,11-12,14-16,20,22-23,28,33-34,36,38-39H,4,8-10,13,17-19,21,24-25H2,1-2H3/b27-12+. The lowest BCUT2D eigenvalue weighted by Gasteiger charge is -2.28. The van der Waals surface area contributed by atoms with Crippen LogP contribution in [0.4, 0.5) is 5.69 Å². The molecule has 1 aromatic rings. The van der Waals surface area contributed by atoms with Crippen molar-refractivity contribution >= 4 is 23.0 Å². The predicted molar refractivity (Wildman–Crippen MR) is 175 cm³/mol. The van der Waals surface area contributed by atoms with Crippen LogP contribution in [0.1, 0.15) is 83.6 Å². The molecular weight excluding hydrogens is 504 g/mol. The predicted octanol–water partition coefficient (Wildman–Crippen LogP) is 10.1. The summed E-state index contributed by atoms with van der Waals surface area (Å²) in [5, 5.41) is 8.38. The van der Waals surface area contributed by atoms with Gasteiger partial charge in [0.05, 0.1) is 0 Å². The van der Waals surface area contributed by atoms with Crippen LogP contribution < -0.4 is 10.6 Å². The van der Waals surface area contributed by atoms with E-state index in [0.717, 1.165) is 49.3 Å². The molecule has 210 valence electrons. The summed E-state index contributed by atoms with van der Waals surface area (Å²) in [6.45, 7) is 5.61. The van der Waals surface area contributed by atoms with Gasteiger partial charge in [0, 0.05) is 40.4 Å². The van der Waals surface area contributed by atoms with Crippen LogP contribution in [0.5, 0.6) is 0 Å². The van der Waals surface area contributed by atoms with Crippen molar-refractivity contribution in [1.82, 2.24) is 5.32 Å². The van der Waals surface area contributed by atoms with Crippen molar-refractivity contribution in [2.75, 3.05) is 11.9 Å². The van der Waals surface area contributed by atoms with E-state index in [9.17, 15) is 0 Å². The van der Waals surface area contributed by atoms with Gasteiger partial charge in [-0.15, -0.1) is 11.8 Å². The molecule has 2 nitrogen and oxygen atoms in total. The minimum atomic E-state index is 0.709. The van der Waals surface area contributed by atoms with Crippen molar-refractivity contribution in [1.29, 1.82) is 0 Å². The lowest BCUT2D eigenvalue weighted by Crippen LogP contribution is -2.24. The van der Waals surface area contributed by atoms with Gasteiger partial charge in [-0.1, -0.05) is 71.9 Å². The number of para-hydroxylation sites is 1. The Hall–Kier alpha value is -2.65. The number of fused-ring (bicyclic) bond motifs is 3. The van der Waals surface area contributed by atoms with E-state index in [1.54, 1.807) is 10.5 Å². The smallest absolute Gasteiger partial charge is 0.0457 e. The SMILES string of the molecule is CC1=C(C2CC=C(Nc3ccccc3/C(C)=C/CCCNC3=CC=C4SC5CCC=CC5C4C3)CC2)CCC=C1. The monoisotopic (exact) mass is 550 g/mol. The van der Waals surface area contributed by atoms with Gasteiger partial charge in [-0.2, -0.15) is 0 Å². The number of hydrogen-bond donors (Lipinski definition) is 2. The molecule has 0 bridgehead atoms. The molecule has 5 aliphatic rings. The first-order chi connectivity index (χ1) is 19.7. The third-order valence-corrected chi connectivity index (χ3v) is 11.2. The zero-order valence-corrected chi connectivity index (χ0v) is 25.2. The summed E-state index contributed by atoms with van der Waals surface area (Å²) in [5.74, 6) is 2.18. The van der Waals surface area contributed by atoms with Gasteiger partial charge in [-0.05, 0) is 113 Å². The average molecular weight is 551 g/mol. The molecular formula is C37H46N2S. The maximum atomic E-state index is 3.81. The largest absolute Gasteiger partial charge is 0.388 e. The molecule has 1 saturated heterocycles. The van der Waals surface area contributed by atoms with E-state index in [0.29, 0.717) is 5.92 Å². The first-order valence-electron chi connectivity index (χ1n) is 15.7. The van der Waals surface area contributed by atoms with Crippen LogP contribution in [-0.4, -0.2) is 11.8 Å². The van der Waals surface area contributed by atoms with Gasteiger partial charge in [0.15, 0.2) is 0 Å². The maximum Gasteiger partial charge on any atom is 0.0457 e. The summed E-state index contributed by atoms with van der Waals surface area (Å²) in [6.07, 6.45) is 31.3. The highest BCUT2D eigenvalue weighted by Gasteiger charge is 2.40. The molecule has 4 aliphatic carbocycles. The summed E-state index contributed by atoms with van der Waals surface area (Å²) >= 11 is 2.15. The highest BCUT2D eigenvalue weighted by atomic mass is 32.2. The molecule has 1 heterocycles. The van der Waals surface area contributed by atoms with Gasteiger partial charge in [-0.25, -0.2) is 0 Å². The number of rotatable bonds is 9. The highest BCUT2D eigenvalue weighted by molar-refractivity contribution is 8.04. The molecule has 4 atom stereocenters. The molecule has 2 N–H and O–H groups in total. The first-order valence-corrected chi connectivity index (χ1v) is 16.6. The molecule has 4 unspecified atom stereocenters. The average Bonchev–Trinajstić information content (AvgIpc) is 3.36. The Morgan fingerprint density at radius 2 is 1.98 bits per heavy atom. The third kappa shape index (κ3) is 6.30. The lowest BCUT2D eigenvalue weighted by atomic mass is 9.80. The molecule has 1 fully saturated rings. The molecule has 0 radical (unpaired) electrons. The van der Waals surface area contributed by atoms with Crippen LogP contribution in [0, 0.1) is 17.8 Å². The summed E-state index contributed by atoms with van der Waals surface area (Å²) in [5.41, 5.74) is 9.96. The molecule has 1 aromatic carbocycles. The second kappa shape index (κ2) is 12.9. The fraction of sp³-hybridized carbons (Fsp3) is 0.459.